The Morgan fingerprint density at radius 3 is 2.50 bits per heavy atom. The molecule has 2 aromatic carbocycles. The van der Waals surface area contributed by atoms with Gasteiger partial charge in [0.2, 0.25) is 0 Å². The van der Waals surface area contributed by atoms with Gasteiger partial charge in [0.05, 0.1) is 23.5 Å². The fourth-order valence-electron chi connectivity index (χ4n) is 2.59. The highest BCUT2D eigenvalue weighted by molar-refractivity contribution is 5.74. The molecule has 1 N–H and O–H groups in total. The van der Waals surface area contributed by atoms with Gasteiger partial charge in [-0.3, -0.25) is 4.40 Å². The monoisotopic (exact) mass is 311 g/mol. The molecule has 2 heterocycles. The minimum absolute atomic E-state index is 0.640. The van der Waals surface area contributed by atoms with Crippen LogP contribution in [-0.4, -0.2) is 14.4 Å². The van der Waals surface area contributed by atoms with Crippen LogP contribution < -0.4 is 5.32 Å². The van der Waals surface area contributed by atoms with Gasteiger partial charge in [-0.1, -0.05) is 30.3 Å². The summed E-state index contributed by atoms with van der Waals surface area (Å²) in [6.07, 6.45) is 5.44. The number of fused-ring (bicyclic) bond motifs is 1. The zero-order valence-electron chi connectivity index (χ0n) is 12.7. The van der Waals surface area contributed by atoms with Crippen molar-refractivity contribution in [1.29, 1.82) is 5.26 Å². The number of imidazole rings is 1. The van der Waals surface area contributed by atoms with E-state index in [-0.39, 0.29) is 0 Å². The normalized spacial score (nSPS) is 10.5. The summed E-state index contributed by atoms with van der Waals surface area (Å²) >= 11 is 0. The van der Waals surface area contributed by atoms with E-state index in [0.29, 0.717) is 11.4 Å². The van der Waals surface area contributed by atoms with E-state index in [9.17, 15) is 0 Å². The van der Waals surface area contributed by atoms with Crippen LogP contribution in [0.2, 0.25) is 0 Å². The number of hydrogen-bond acceptors (Lipinski definition) is 4. The number of nitrogens with zero attached hydrogens (tertiary/aromatic N) is 4. The Labute approximate surface area is 138 Å². The molecule has 0 saturated carbocycles. The number of rotatable bonds is 3. The number of hydrogen-bond donors (Lipinski definition) is 1. The quantitative estimate of drug-likeness (QED) is 0.621. The highest BCUT2D eigenvalue weighted by Gasteiger charge is 2.10. The lowest BCUT2D eigenvalue weighted by molar-refractivity contribution is 1.13. The third-order valence-corrected chi connectivity index (χ3v) is 3.77. The van der Waals surface area contributed by atoms with Crippen molar-refractivity contribution in [3.8, 4) is 17.3 Å². The van der Waals surface area contributed by atoms with Gasteiger partial charge in [-0.2, -0.15) is 5.26 Å². The molecule has 24 heavy (non-hydrogen) atoms. The molecule has 0 spiro atoms. The minimum atomic E-state index is 0.640. The molecular weight excluding hydrogens is 298 g/mol. The molecule has 2 aromatic heterocycles. The van der Waals surface area contributed by atoms with Gasteiger partial charge in [0.15, 0.2) is 11.5 Å². The molecule has 0 aliphatic rings. The van der Waals surface area contributed by atoms with Crippen molar-refractivity contribution in [2.45, 2.75) is 0 Å². The van der Waals surface area contributed by atoms with E-state index < -0.39 is 0 Å². The van der Waals surface area contributed by atoms with Crippen molar-refractivity contribution in [3.05, 3.63) is 78.8 Å². The predicted octanol–water partition coefficient (Wildman–Crippen LogP) is 4.01. The van der Waals surface area contributed by atoms with Crippen LogP contribution in [0.15, 0.2) is 73.2 Å². The van der Waals surface area contributed by atoms with Crippen molar-refractivity contribution >= 4 is 17.2 Å². The van der Waals surface area contributed by atoms with Gasteiger partial charge >= 0.3 is 0 Å². The molecule has 114 valence electrons. The fraction of sp³-hybridized carbons (Fsp3) is 0. The molecule has 0 bridgehead atoms. The summed E-state index contributed by atoms with van der Waals surface area (Å²) in [5.74, 6) is 0.698. The van der Waals surface area contributed by atoms with Crippen LogP contribution in [0.3, 0.4) is 0 Å². The van der Waals surface area contributed by atoms with Crippen LogP contribution in [0.1, 0.15) is 5.56 Å². The SMILES string of the molecule is N#Cc1ccc(-c2cnc3c(Nc4ccccc4)nccn23)cc1. The van der Waals surface area contributed by atoms with Crippen molar-refractivity contribution < 1.29 is 0 Å². The van der Waals surface area contributed by atoms with Crippen molar-refractivity contribution in [2.24, 2.45) is 0 Å². The largest absolute Gasteiger partial charge is 0.337 e. The Morgan fingerprint density at radius 2 is 1.75 bits per heavy atom. The van der Waals surface area contributed by atoms with Gasteiger partial charge in [0, 0.05) is 23.6 Å². The molecule has 0 aliphatic heterocycles. The topological polar surface area (TPSA) is 66.0 Å². The number of nitriles is 1. The Morgan fingerprint density at radius 1 is 0.958 bits per heavy atom. The van der Waals surface area contributed by atoms with Crippen LogP contribution in [0.25, 0.3) is 16.9 Å². The number of nitrogens with one attached hydrogen (secondary N) is 1. The second-order valence-corrected chi connectivity index (χ2v) is 5.29. The lowest BCUT2D eigenvalue weighted by Gasteiger charge is -2.07. The maximum absolute atomic E-state index is 8.92. The summed E-state index contributed by atoms with van der Waals surface area (Å²) in [4.78, 5) is 8.91. The summed E-state index contributed by atoms with van der Waals surface area (Å²) in [6.45, 7) is 0. The Balaban J connectivity index is 1.77. The predicted molar refractivity (Wildman–Crippen MR) is 92.9 cm³/mol. The van der Waals surface area contributed by atoms with E-state index in [1.807, 2.05) is 59.3 Å². The van der Waals surface area contributed by atoms with Crippen LogP contribution in [0.5, 0.6) is 0 Å². The highest BCUT2D eigenvalue weighted by atomic mass is 15.1. The summed E-state index contributed by atoms with van der Waals surface area (Å²) in [5.41, 5.74) is 4.30. The lowest BCUT2D eigenvalue weighted by Crippen LogP contribution is -1.98. The molecule has 5 heteroatoms. The molecule has 0 amide bonds. The Hall–Kier alpha value is -3.65. The molecule has 4 rings (SSSR count). The van der Waals surface area contributed by atoms with Crippen LogP contribution >= 0.6 is 0 Å². The molecule has 0 fully saturated rings. The standard InChI is InChI=1S/C19H13N5/c20-12-14-6-8-15(9-7-14)17-13-22-19-18(21-10-11-24(17)19)23-16-4-2-1-3-5-16/h1-11,13H,(H,21,23). The molecule has 0 aliphatic carbocycles. The molecule has 0 atom stereocenters. The molecule has 4 aromatic rings. The van der Waals surface area contributed by atoms with Crippen LogP contribution in [-0.2, 0) is 0 Å². The summed E-state index contributed by atoms with van der Waals surface area (Å²) in [7, 11) is 0. The lowest BCUT2D eigenvalue weighted by atomic mass is 10.1. The third kappa shape index (κ3) is 2.46. The summed E-state index contributed by atoms with van der Waals surface area (Å²) in [6, 6.07) is 19.5. The Bertz CT molecular complexity index is 1030. The fourth-order valence-corrected chi connectivity index (χ4v) is 2.59. The van der Waals surface area contributed by atoms with Gasteiger partial charge < -0.3 is 5.32 Å². The van der Waals surface area contributed by atoms with E-state index in [1.54, 1.807) is 18.3 Å². The smallest absolute Gasteiger partial charge is 0.180 e. The van der Waals surface area contributed by atoms with E-state index in [2.05, 4.69) is 21.4 Å². The first-order chi connectivity index (χ1) is 11.8. The van der Waals surface area contributed by atoms with Crippen molar-refractivity contribution in [3.63, 3.8) is 0 Å². The minimum Gasteiger partial charge on any atom is -0.337 e. The second-order valence-electron chi connectivity index (χ2n) is 5.29. The third-order valence-electron chi connectivity index (χ3n) is 3.77. The van der Waals surface area contributed by atoms with Crippen molar-refractivity contribution in [2.75, 3.05) is 5.32 Å². The zero-order valence-corrected chi connectivity index (χ0v) is 12.7. The summed E-state index contributed by atoms with van der Waals surface area (Å²) < 4.78 is 1.99. The average molecular weight is 311 g/mol. The second kappa shape index (κ2) is 5.86. The van der Waals surface area contributed by atoms with Gasteiger partial charge in [0.1, 0.15) is 0 Å². The van der Waals surface area contributed by atoms with E-state index in [0.717, 1.165) is 22.6 Å². The van der Waals surface area contributed by atoms with Gasteiger partial charge in [-0.25, -0.2) is 9.97 Å². The van der Waals surface area contributed by atoms with Gasteiger partial charge in [-0.15, -0.1) is 0 Å². The number of anilines is 2. The number of aromatic nitrogens is 3. The number of benzene rings is 2. The molecule has 5 nitrogen and oxygen atoms in total. The Kier molecular flexibility index (Phi) is 3.41. The first kappa shape index (κ1) is 14.0. The maximum Gasteiger partial charge on any atom is 0.180 e. The van der Waals surface area contributed by atoms with Crippen molar-refractivity contribution in [1.82, 2.24) is 14.4 Å². The average Bonchev–Trinajstić information content (AvgIpc) is 3.08. The molecule has 0 radical (unpaired) electrons. The molecule has 0 saturated heterocycles. The first-order valence-electron chi connectivity index (χ1n) is 7.50. The summed E-state index contributed by atoms with van der Waals surface area (Å²) in [5, 5.41) is 12.2. The molecular formula is C19H13N5. The highest BCUT2D eigenvalue weighted by Crippen LogP contribution is 2.25. The maximum atomic E-state index is 8.92. The van der Waals surface area contributed by atoms with Crippen LogP contribution in [0.4, 0.5) is 11.5 Å². The first-order valence-corrected chi connectivity index (χ1v) is 7.50. The van der Waals surface area contributed by atoms with E-state index in [1.165, 1.54) is 0 Å². The zero-order chi connectivity index (χ0) is 16.4. The van der Waals surface area contributed by atoms with Gasteiger partial charge in [0.25, 0.3) is 0 Å². The van der Waals surface area contributed by atoms with Gasteiger partial charge in [-0.05, 0) is 24.3 Å². The van der Waals surface area contributed by atoms with E-state index >= 15 is 0 Å². The van der Waals surface area contributed by atoms with E-state index in [4.69, 9.17) is 5.26 Å². The molecule has 0 unspecified atom stereocenters. The van der Waals surface area contributed by atoms with Crippen LogP contribution in [0, 0.1) is 11.3 Å². The number of para-hydroxylation sites is 1.